The lowest BCUT2D eigenvalue weighted by Gasteiger charge is -2.11. The van der Waals surface area contributed by atoms with Crippen LogP contribution in [0, 0.1) is 0 Å². The summed E-state index contributed by atoms with van der Waals surface area (Å²) in [4.78, 5) is 18.9. The monoisotopic (exact) mass is 312 g/mol. The molecule has 0 saturated heterocycles. The van der Waals surface area contributed by atoms with Crippen LogP contribution in [0.3, 0.4) is 0 Å². The summed E-state index contributed by atoms with van der Waals surface area (Å²) in [5.41, 5.74) is -1.57. The summed E-state index contributed by atoms with van der Waals surface area (Å²) in [6, 6.07) is 5.35. The zero-order valence-electron chi connectivity index (χ0n) is 11.4. The molecular formula is C14H11F3N2O3. The molecule has 0 fully saturated rings. The van der Waals surface area contributed by atoms with Crippen molar-refractivity contribution in [2.24, 2.45) is 0 Å². The van der Waals surface area contributed by atoms with E-state index < -0.39 is 23.4 Å². The van der Waals surface area contributed by atoms with E-state index in [4.69, 9.17) is 9.47 Å². The minimum absolute atomic E-state index is 0.276. The zero-order valence-corrected chi connectivity index (χ0v) is 11.4. The Labute approximate surface area is 123 Å². The average molecular weight is 312 g/mol. The van der Waals surface area contributed by atoms with Crippen molar-refractivity contribution >= 4 is 5.97 Å². The van der Waals surface area contributed by atoms with Crippen LogP contribution >= 0.6 is 0 Å². The molecule has 0 aromatic carbocycles. The highest BCUT2D eigenvalue weighted by atomic mass is 19.4. The summed E-state index contributed by atoms with van der Waals surface area (Å²) >= 11 is 0. The number of hydrogen-bond donors (Lipinski definition) is 0. The molecule has 2 rings (SSSR count). The fourth-order valence-corrected chi connectivity index (χ4v) is 1.68. The molecule has 8 heteroatoms. The first kappa shape index (κ1) is 15.7. The second-order valence-electron chi connectivity index (χ2n) is 4.16. The summed E-state index contributed by atoms with van der Waals surface area (Å²) in [5, 5.41) is 0. The van der Waals surface area contributed by atoms with Crippen LogP contribution in [0.4, 0.5) is 13.2 Å². The fourth-order valence-electron chi connectivity index (χ4n) is 1.68. The van der Waals surface area contributed by atoms with Crippen molar-refractivity contribution in [2.75, 3.05) is 7.11 Å². The van der Waals surface area contributed by atoms with Crippen LogP contribution in [0.2, 0.25) is 0 Å². The largest absolute Gasteiger partial charge is 0.497 e. The number of halogens is 3. The Balaban J connectivity index is 2.13. The molecule has 2 heterocycles. The molecule has 0 amide bonds. The van der Waals surface area contributed by atoms with E-state index in [1.807, 2.05) is 0 Å². The van der Waals surface area contributed by atoms with Gasteiger partial charge in [0.05, 0.1) is 18.4 Å². The Morgan fingerprint density at radius 1 is 1.23 bits per heavy atom. The Morgan fingerprint density at radius 3 is 2.68 bits per heavy atom. The molecule has 0 atom stereocenters. The van der Waals surface area contributed by atoms with E-state index in [9.17, 15) is 18.0 Å². The maximum Gasteiger partial charge on any atom is 0.434 e. The molecular weight excluding hydrogens is 301 g/mol. The van der Waals surface area contributed by atoms with Crippen LogP contribution in [-0.2, 0) is 17.5 Å². The van der Waals surface area contributed by atoms with Gasteiger partial charge < -0.3 is 9.47 Å². The van der Waals surface area contributed by atoms with Gasteiger partial charge in [-0.3, -0.25) is 9.97 Å². The minimum atomic E-state index is -4.73. The van der Waals surface area contributed by atoms with Gasteiger partial charge in [-0.1, -0.05) is 0 Å². The van der Waals surface area contributed by atoms with E-state index in [2.05, 4.69) is 9.97 Å². The van der Waals surface area contributed by atoms with E-state index in [1.165, 1.54) is 25.4 Å². The number of esters is 1. The molecule has 0 bridgehead atoms. The number of alkyl halides is 3. The highest BCUT2D eigenvalue weighted by Gasteiger charge is 2.37. The number of nitrogens with zero attached hydrogens (tertiary/aromatic N) is 2. The lowest BCUT2D eigenvalue weighted by atomic mass is 10.2. The molecule has 22 heavy (non-hydrogen) atoms. The molecule has 0 aliphatic heterocycles. The van der Waals surface area contributed by atoms with Crippen LogP contribution in [-0.4, -0.2) is 23.0 Å². The highest BCUT2D eigenvalue weighted by molar-refractivity contribution is 5.90. The molecule has 0 aliphatic rings. The number of carbonyl (C=O) groups excluding carboxylic acids is 1. The molecule has 0 saturated carbocycles. The van der Waals surface area contributed by atoms with Gasteiger partial charge in [0.2, 0.25) is 0 Å². The SMILES string of the molecule is COc1ccnc(COC(=O)c2cccnc2C(F)(F)F)c1. The summed E-state index contributed by atoms with van der Waals surface area (Å²) in [7, 11) is 1.45. The first-order valence-electron chi connectivity index (χ1n) is 6.10. The van der Waals surface area contributed by atoms with Gasteiger partial charge in [0, 0.05) is 18.5 Å². The van der Waals surface area contributed by atoms with Crippen molar-refractivity contribution in [3.63, 3.8) is 0 Å². The van der Waals surface area contributed by atoms with Gasteiger partial charge in [-0.2, -0.15) is 13.2 Å². The van der Waals surface area contributed by atoms with Gasteiger partial charge in [-0.15, -0.1) is 0 Å². The van der Waals surface area contributed by atoms with Crippen LogP contribution in [0.5, 0.6) is 5.75 Å². The van der Waals surface area contributed by atoms with Gasteiger partial charge in [-0.05, 0) is 18.2 Å². The van der Waals surface area contributed by atoms with Gasteiger partial charge in [-0.25, -0.2) is 4.79 Å². The molecule has 0 aliphatic carbocycles. The Morgan fingerprint density at radius 2 is 2.00 bits per heavy atom. The Kier molecular flexibility index (Phi) is 4.59. The van der Waals surface area contributed by atoms with E-state index in [-0.39, 0.29) is 6.61 Å². The second-order valence-corrected chi connectivity index (χ2v) is 4.16. The maximum absolute atomic E-state index is 12.8. The molecule has 116 valence electrons. The number of methoxy groups -OCH3 is 1. The smallest absolute Gasteiger partial charge is 0.434 e. The number of carbonyl (C=O) groups is 1. The predicted octanol–water partition coefficient (Wildman–Crippen LogP) is 2.86. The summed E-state index contributed by atoms with van der Waals surface area (Å²) in [6.07, 6.45) is -2.33. The number of aromatic nitrogens is 2. The van der Waals surface area contributed by atoms with Crippen LogP contribution in [0.15, 0.2) is 36.7 Å². The standard InChI is InChI=1S/C14H11F3N2O3/c1-21-10-4-6-18-9(7-10)8-22-13(20)11-3-2-5-19-12(11)14(15,16)17/h2-7H,8H2,1H3. The fraction of sp³-hybridized carbons (Fsp3) is 0.214. The van der Waals surface area contributed by atoms with Gasteiger partial charge in [0.1, 0.15) is 12.4 Å². The molecule has 0 N–H and O–H groups in total. The Hall–Kier alpha value is -2.64. The summed E-state index contributed by atoms with van der Waals surface area (Å²) in [5.74, 6) is -0.622. The third-order valence-electron chi connectivity index (χ3n) is 2.67. The normalized spacial score (nSPS) is 11.1. The third-order valence-corrected chi connectivity index (χ3v) is 2.67. The molecule has 5 nitrogen and oxygen atoms in total. The molecule has 2 aromatic heterocycles. The van der Waals surface area contributed by atoms with Crippen LogP contribution < -0.4 is 4.74 Å². The van der Waals surface area contributed by atoms with Gasteiger partial charge in [0.15, 0.2) is 5.69 Å². The number of hydrogen-bond acceptors (Lipinski definition) is 5. The first-order chi connectivity index (χ1) is 10.4. The maximum atomic E-state index is 12.8. The van der Waals surface area contributed by atoms with Crippen molar-refractivity contribution in [3.8, 4) is 5.75 Å². The number of ether oxygens (including phenoxy) is 2. The lowest BCUT2D eigenvalue weighted by Crippen LogP contribution is -2.17. The Bertz CT molecular complexity index is 674. The average Bonchev–Trinajstić information content (AvgIpc) is 2.52. The summed E-state index contributed by atoms with van der Waals surface area (Å²) < 4.78 is 48.1. The van der Waals surface area contributed by atoms with E-state index >= 15 is 0 Å². The molecule has 0 radical (unpaired) electrons. The van der Waals surface area contributed by atoms with Gasteiger partial charge in [0.25, 0.3) is 0 Å². The van der Waals surface area contributed by atoms with E-state index in [1.54, 1.807) is 6.07 Å². The number of rotatable bonds is 4. The first-order valence-corrected chi connectivity index (χ1v) is 6.10. The molecule has 2 aromatic rings. The van der Waals surface area contributed by atoms with E-state index in [0.717, 1.165) is 12.3 Å². The van der Waals surface area contributed by atoms with Crippen molar-refractivity contribution < 1.29 is 27.4 Å². The summed E-state index contributed by atoms with van der Waals surface area (Å²) in [6.45, 7) is -0.276. The second kappa shape index (κ2) is 6.42. The number of pyridine rings is 2. The van der Waals surface area contributed by atoms with Gasteiger partial charge >= 0.3 is 12.1 Å². The van der Waals surface area contributed by atoms with Crippen LogP contribution in [0.1, 0.15) is 21.7 Å². The minimum Gasteiger partial charge on any atom is -0.497 e. The van der Waals surface area contributed by atoms with Crippen molar-refractivity contribution in [2.45, 2.75) is 12.8 Å². The zero-order chi connectivity index (χ0) is 16.2. The quantitative estimate of drug-likeness (QED) is 0.812. The lowest BCUT2D eigenvalue weighted by molar-refractivity contribution is -0.141. The third kappa shape index (κ3) is 3.72. The van der Waals surface area contributed by atoms with Crippen molar-refractivity contribution in [1.29, 1.82) is 0 Å². The van der Waals surface area contributed by atoms with Crippen molar-refractivity contribution in [1.82, 2.24) is 9.97 Å². The van der Waals surface area contributed by atoms with Crippen molar-refractivity contribution in [3.05, 3.63) is 53.6 Å². The molecule has 0 spiro atoms. The van der Waals surface area contributed by atoms with Crippen LogP contribution in [0.25, 0.3) is 0 Å². The predicted molar refractivity (Wildman–Crippen MR) is 69.1 cm³/mol. The highest BCUT2D eigenvalue weighted by Crippen LogP contribution is 2.30. The molecule has 0 unspecified atom stereocenters. The topological polar surface area (TPSA) is 61.3 Å². The van der Waals surface area contributed by atoms with E-state index in [0.29, 0.717) is 11.4 Å².